The Hall–Kier alpha value is -1.10. The first-order valence-electron chi connectivity index (χ1n) is 7.08. The van der Waals surface area contributed by atoms with Crippen LogP contribution in [-0.4, -0.2) is 31.7 Å². The molecule has 0 saturated carbocycles. The second-order valence-corrected chi connectivity index (χ2v) is 5.15. The summed E-state index contributed by atoms with van der Waals surface area (Å²) in [5.41, 5.74) is 2.22. The number of carbonyl (C=O) groups is 1. The molecular weight excluding hydrogens is 276 g/mol. The van der Waals surface area contributed by atoms with Crippen molar-refractivity contribution in [1.82, 2.24) is 5.32 Å². The van der Waals surface area contributed by atoms with E-state index < -0.39 is 0 Å². The molecule has 1 amide bonds. The molecule has 0 spiro atoms. The number of ether oxygens (including phenoxy) is 1. The first-order valence-corrected chi connectivity index (χ1v) is 7.08. The van der Waals surface area contributed by atoms with Crippen LogP contribution in [0.4, 0.5) is 5.69 Å². The minimum absolute atomic E-state index is 0. The van der Waals surface area contributed by atoms with Crippen LogP contribution in [0.1, 0.15) is 24.8 Å². The van der Waals surface area contributed by atoms with Crippen LogP contribution in [0.3, 0.4) is 0 Å². The van der Waals surface area contributed by atoms with Crippen LogP contribution >= 0.6 is 12.4 Å². The Morgan fingerprint density at radius 2 is 2.15 bits per heavy atom. The lowest BCUT2D eigenvalue weighted by Gasteiger charge is -2.29. The third-order valence-electron chi connectivity index (χ3n) is 3.83. The smallest absolute Gasteiger partial charge is 0.256 e. The molecule has 1 unspecified atom stereocenters. The van der Waals surface area contributed by atoms with Crippen molar-refractivity contribution in [2.45, 2.75) is 31.9 Å². The molecule has 20 heavy (non-hydrogen) atoms. The van der Waals surface area contributed by atoms with Gasteiger partial charge in [-0.15, -0.1) is 12.4 Å². The number of para-hydroxylation sites is 1. The van der Waals surface area contributed by atoms with Crippen molar-refractivity contribution in [1.29, 1.82) is 0 Å². The van der Waals surface area contributed by atoms with E-state index in [2.05, 4.69) is 11.4 Å². The van der Waals surface area contributed by atoms with E-state index in [1.807, 2.05) is 23.1 Å². The fraction of sp³-hybridized carbons (Fsp3) is 0.533. The van der Waals surface area contributed by atoms with Gasteiger partial charge in [0.2, 0.25) is 0 Å². The molecule has 0 aliphatic carbocycles. The van der Waals surface area contributed by atoms with E-state index in [-0.39, 0.29) is 24.4 Å². The summed E-state index contributed by atoms with van der Waals surface area (Å²) < 4.78 is 5.64. The highest BCUT2D eigenvalue weighted by atomic mass is 35.5. The van der Waals surface area contributed by atoms with Crippen LogP contribution in [0.5, 0.6) is 0 Å². The first-order chi connectivity index (χ1) is 9.36. The largest absolute Gasteiger partial charge is 0.368 e. The molecule has 4 nitrogen and oxygen atoms in total. The Morgan fingerprint density at radius 1 is 1.30 bits per heavy atom. The fourth-order valence-electron chi connectivity index (χ4n) is 2.80. The van der Waals surface area contributed by atoms with Crippen molar-refractivity contribution in [3.05, 3.63) is 29.8 Å². The van der Waals surface area contributed by atoms with Crippen LogP contribution in [0.2, 0.25) is 0 Å². The lowest BCUT2D eigenvalue weighted by molar-refractivity contribution is -0.132. The van der Waals surface area contributed by atoms with Gasteiger partial charge in [-0.2, -0.15) is 0 Å². The third kappa shape index (κ3) is 3.14. The summed E-state index contributed by atoms with van der Waals surface area (Å²) in [4.78, 5) is 14.5. The Labute approximate surface area is 125 Å². The summed E-state index contributed by atoms with van der Waals surface area (Å²) >= 11 is 0. The summed E-state index contributed by atoms with van der Waals surface area (Å²) in [5, 5.41) is 3.36. The van der Waals surface area contributed by atoms with Crippen LogP contribution in [0.15, 0.2) is 24.3 Å². The highest BCUT2D eigenvalue weighted by Crippen LogP contribution is 2.25. The highest BCUT2D eigenvalue weighted by molar-refractivity contribution is 5.97. The minimum atomic E-state index is -0.250. The van der Waals surface area contributed by atoms with Crippen LogP contribution in [0.25, 0.3) is 0 Å². The van der Waals surface area contributed by atoms with E-state index in [0.29, 0.717) is 6.61 Å². The van der Waals surface area contributed by atoms with Gasteiger partial charge in [0.1, 0.15) is 6.10 Å². The number of amides is 1. The van der Waals surface area contributed by atoms with Gasteiger partial charge in [-0.25, -0.2) is 0 Å². The number of fused-ring (bicyclic) bond motifs is 1. The zero-order chi connectivity index (χ0) is 13.1. The molecule has 0 bridgehead atoms. The normalized spacial score (nSPS) is 22.4. The average molecular weight is 297 g/mol. The number of anilines is 1. The standard InChI is InChI=1S/C15H20N2O2.ClH/c18-15(14-7-3-4-10-19-14)17-9-8-16-11-12-5-1-2-6-13(12)17;/h1-2,5-6,14,16H,3-4,7-11H2;1H. The number of halogens is 1. The van der Waals surface area contributed by atoms with Crippen LogP contribution in [-0.2, 0) is 16.1 Å². The lowest BCUT2D eigenvalue weighted by Crippen LogP contribution is -2.43. The van der Waals surface area contributed by atoms with E-state index in [1.54, 1.807) is 0 Å². The number of rotatable bonds is 1. The van der Waals surface area contributed by atoms with Gasteiger partial charge in [0.25, 0.3) is 5.91 Å². The molecule has 2 aliphatic rings. The van der Waals surface area contributed by atoms with Crippen molar-refractivity contribution in [2.24, 2.45) is 0 Å². The predicted octanol–water partition coefficient (Wildman–Crippen LogP) is 2.11. The van der Waals surface area contributed by atoms with Gasteiger partial charge in [-0.05, 0) is 30.9 Å². The highest BCUT2D eigenvalue weighted by Gasteiger charge is 2.29. The average Bonchev–Trinajstić information content (AvgIpc) is 2.70. The van der Waals surface area contributed by atoms with Gasteiger partial charge in [0, 0.05) is 31.9 Å². The topological polar surface area (TPSA) is 41.6 Å². The van der Waals surface area contributed by atoms with Gasteiger partial charge >= 0.3 is 0 Å². The predicted molar refractivity (Wildman–Crippen MR) is 81.3 cm³/mol. The number of carbonyl (C=O) groups excluding carboxylic acids is 1. The van der Waals surface area contributed by atoms with Crippen molar-refractivity contribution in [3.8, 4) is 0 Å². The lowest BCUT2D eigenvalue weighted by atomic mass is 10.1. The zero-order valence-electron chi connectivity index (χ0n) is 11.5. The molecule has 5 heteroatoms. The molecule has 1 saturated heterocycles. The Balaban J connectivity index is 0.00000147. The summed E-state index contributed by atoms with van der Waals surface area (Å²) in [7, 11) is 0. The molecular formula is C15H21ClN2O2. The molecule has 2 aliphatic heterocycles. The maximum atomic E-state index is 12.6. The summed E-state index contributed by atoms with van der Waals surface area (Å²) in [6.45, 7) is 3.08. The van der Waals surface area contributed by atoms with Crippen molar-refractivity contribution >= 4 is 24.0 Å². The van der Waals surface area contributed by atoms with E-state index >= 15 is 0 Å². The third-order valence-corrected chi connectivity index (χ3v) is 3.83. The summed E-state index contributed by atoms with van der Waals surface area (Å²) in [6, 6.07) is 8.12. The molecule has 3 rings (SSSR count). The first kappa shape index (κ1) is 15.3. The fourth-order valence-corrected chi connectivity index (χ4v) is 2.80. The molecule has 2 heterocycles. The molecule has 1 atom stereocenters. The summed E-state index contributed by atoms with van der Waals surface area (Å²) in [5.74, 6) is 0.121. The number of nitrogens with zero attached hydrogens (tertiary/aromatic N) is 1. The molecule has 110 valence electrons. The Kier molecular flexibility index (Phi) is 5.40. The number of nitrogens with one attached hydrogen (secondary N) is 1. The molecule has 0 radical (unpaired) electrons. The van der Waals surface area contributed by atoms with E-state index in [1.165, 1.54) is 5.56 Å². The van der Waals surface area contributed by atoms with Gasteiger partial charge < -0.3 is 15.0 Å². The maximum Gasteiger partial charge on any atom is 0.256 e. The van der Waals surface area contributed by atoms with Gasteiger partial charge in [0.15, 0.2) is 0 Å². The monoisotopic (exact) mass is 296 g/mol. The van der Waals surface area contributed by atoms with Crippen molar-refractivity contribution < 1.29 is 9.53 Å². The quantitative estimate of drug-likeness (QED) is 0.863. The molecule has 1 fully saturated rings. The van der Waals surface area contributed by atoms with E-state index in [9.17, 15) is 4.79 Å². The van der Waals surface area contributed by atoms with E-state index in [0.717, 1.165) is 44.6 Å². The second-order valence-electron chi connectivity index (χ2n) is 5.15. The second kappa shape index (κ2) is 7.07. The molecule has 1 aromatic carbocycles. The van der Waals surface area contributed by atoms with Gasteiger partial charge in [-0.3, -0.25) is 4.79 Å². The van der Waals surface area contributed by atoms with Crippen molar-refractivity contribution in [3.63, 3.8) is 0 Å². The van der Waals surface area contributed by atoms with E-state index in [4.69, 9.17) is 4.74 Å². The molecule has 0 aromatic heterocycles. The van der Waals surface area contributed by atoms with Gasteiger partial charge in [-0.1, -0.05) is 18.2 Å². The Bertz CT molecular complexity index is 461. The van der Waals surface area contributed by atoms with Crippen molar-refractivity contribution in [2.75, 3.05) is 24.6 Å². The zero-order valence-corrected chi connectivity index (χ0v) is 12.3. The van der Waals surface area contributed by atoms with Crippen LogP contribution in [0, 0.1) is 0 Å². The van der Waals surface area contributed by atoms with Crippen LogP contribution < -0.4 is 10.2 Å². The molecule has 1 aromatic rings. The molecule has 1 N–H and O–H groups in total. The summed E-state index contributed by atoms with van der Waals surface area (Å²) in [6.07, 6.45) is 2.76. The SMILES string of the molecule is Cl.O=C(C1CCCCO1)N1CCNCc2ccccc21. The minimum Gasteiger partial charge on any atom is -0.368 e. The number of hydrogen-bond donors (Lipinski definition) is 1. The van der Waals surface area contributed by atoms with Gasteiger partial charge in [0.05, 0.1) is 0 Å². The number of hydrogen-bond acceptors (Lipinski definition) is 3. The number of benzene rings is 1. The Morgan fingerprint density at radius 3 is 2.95 bits per heavy atom. The maximum absolute atomic E-state index is 12.6.